The van der Waals surface area contributed by atoms with Crippen molar-refractivity contribution in [2.75, 3.05) is 7.11 Å². The van der Waals surface area contributed by atoms with E-state index < -0.39 is 4.92 Å². The Morgan fingerprint density at radius 3 is 1.23 bits per heavy atom. The van der Waals surface area contributed by atoms with Crippen molar-refractivity contribution in [3.05, 3.63) is 178 Å². The van der Waals surface area contributed by atoms with Crippen molar-refractivity contribution >= 4 is 45.7 Å². The SMILES string of the molecule is COC1=C([N+](=O)[O-])c2nc1c(-c1ccccc1)c1ccc([nH]1)c(-c1ccccc1)c1nc(c(-c3ccccc3)c3ccc([nH]3)c2-c2ccccc2)C=C1. The molecule has 4 aromatic carbocycles. The van der Waals surface area contributed by atoms with Crippen LogP contribution in [0.15, 0.2) is 146 Å². The number of rotatable bonds is 6. The Kier molecular flexibility index (Phi) is 7.82. The van der Waals surface area contributed by atoms with Crippen LogP contribution in [0.3, 0.4) is 0 Å². The van der Waals surface area contributed by atoms with Crippen LogP contribution in [0.1, 0.15) is 22.8 Å². The number of ether oxygens (including phenoxy) is 1. The van der Waals surface area contributed by atoms with Gasteiger partial charge in [-0.05, 0) is 58.7 Å². The molecule has 0 radical (unpaired) electrons. The predicted octanol–water partition coefficient (Wildman–Crippen LogP) is 10.9. The summed E-state index contributed by atoms with van der Waals surface area (Å²) in [5.41, 5.74) is 11.5. The summed E-state index contributed by atoms with van der Waals surface area (Å²) < 4.78 is 5.96. The quantitative estimate of drug-likeness (QED) is 0.133. The van der Waals surface area contributed by atoms with Gasteiger partial charge in [-0.15, -0.1) is 0 Å². The Hall–Kier alpha value is -7.32. The topological polar surface area (TPSA) is 110 Å². The third-order valence-corrected chi connectivity index (χ3v) is 9.59. The van der Waals surface area contributed by atoms with Gasteiger partial charge in [0.25, 0.3) is 0 Å². The molecule has 2 aliphatic rings. The Morgan fingerprint density at radius 2 is 0.849 bits per heavy atom. The van der Waals surface area contributed by atoms with Crippen LogP contribution in [0.5, 0.6) is 0 Å². The fourth-order valence-electron chi connectivity index (χ4n) is 7.30. The minimum atomic E-state index is -0.397. The second kappa shape index (κ2) is 13.1. The van der Waals surface area contributed by atoms with E-state index in [4.69, 9.17) is 14.7 Å². The van der Waals surface area contributed by atoms with Gasteiger partial charge < -0.3 is 14.7 Å². The molecule has 3 aromatic heterocycles. The summed E-state index contributed by atoms with van der Waals surface area (Å²) in [4.78, 5) is 30.6. The number of fused-ring (bicyclic) bond motifs is 8. The lowest BCUT2D eigenvalue weighted by atomic mass is 10.0. The smallest absolute Gasteiger partial charge is 0.339 e. The minimum absolute atomic E-state index is 0.0789. The number of benzene rings is 4. The van der Waals surface area contributed by atoms with Crippen molar-refractivity contribution in [3.8, 4) is 44.5 Å². The van der Waals surface area contributed by atoms with Crippen molar-refractivity contribution in [1.29, 1.82) is 0 Å². The van der Waals surface area contributed by atoms with Crippen LogP contribution in [0.25, 0.3) is 90.2 Å². The van der Waals surface area contributed by atoms with Gasteiger partial charge in [-0.2, -0.15) is 0 Å². The van der Waals surface area contributed by atoms with E-state index in [2.05, 4.69) is 40.3 Å². The molecule has 2 aliphatic heterocycles. The van der Waals surface area contributed by atoms with Crippen LogP contribution in [-0.4, -0.2) is 32.0 Å². The highest BCUT2D eigenvalue weighted by Gasteiger charge is 2.36. The molecule has 9 rings (SSSR count). The van der Waals surface area contributed by atoms with Crippen LogP contribution < -0.4 is 0 Å². The molecular weight excluding hydrogens is 659 g/mol. The van der Waals surface area contributed by atoms with E-state index in [0.29, 0.717) is 22.3 Å². The second-order valence-corrected chi connectivity index (χ2v) is 12.7. The first-order valence-corrected chi connectivity index (χ1v) is 17.2. The number of nitrogens with one attached hydrogen (secondary N) is 2. The highest BCUT2D eigenvalue weighted by Crippen LogP contribution is 2.43. The summed E-state index contributed by atoms with van der Waals surface area (Å²) in [7, 11) is 1.46. The van der Waals surface area contributed by atoms with E-state index >= 15 is 0 Å². The Bertz CT molecular complexity index is 2770. The van der Waals surface area contributed by atoms with Gasteiger partial charge in [0.05, 0.1) is 23.4 Å². The van der Waals surface area contributed by atoms with E-state index in [1.165, 1.54) is 7.11 Å². The zero-order valence-electron chi connectivity index (χ0n) is 28.6. The summed E-state index contributed by atoms with van der Waals surface area (Å²) >= 11 is 0. The number of aromatic nitrogens is 4. The van der Waals surface area contributed by atoms with Crippen LogP contribution in [0.2, 0.25) is 0 Å². The molecule has 8 heteroatoms. The number of H-pyrrole nitrogens is 2. The fourth-order valence-corrected chi connectivity index (χ4v) is 7.30. The molecule has 0 unspecified atom stereocenters. The fraction of sp³-hybridized carbons (Fsp3) is 0.0222. The van der Waals surface area contributed by atoms with Crippen LogP contribution in [0.4, 0.5) is 0 Å². The van der Waals surface area contributed by atoms with Gasteiger partial charge in [-0.1, -0.05) is 121 Å². The highest BCUT2D eigenvalue weighted by molar-refractivity contribution is 6.02. The van der Waals surface area contributed by atoms with E-state index in [1.807, 2.05) is 127 Å². The number of hydrogen-bond donors (Lipinski definition) is 2. The average molecular weight is 690 g/mol. The number of methoxy groups -OCH3 is 1. The lowest BCUT2D eigenvalue weighted by Crippen LogP contribution is -2.01. The van der Waals surface area contributed by atoms with Crippen molar-refractivity contribution in [3.63, 3.8) is 0 Å². The van der Waals surface area contributed by atoms with Gasteiger partial charge in [0, 0.05) is 44.3 Å². The molecule has 0 saturated carbocycles. The van der Waals surface area contributed by atoms with Gasteiger partial charge in [0.2, 0.25) is 5.76 Å². The van der Waals surface area contributed by atoms with Gasteiger partial charge in [0.15, 0.2) is 5.69 Å². The van der Waals surface area contributed by atoms with Gasteiger partial charge >= 0.3 is 5.70 Å². The maximum Gasteiger partial charge on any atom is 0.339 e. The highest BCUT2D eigenvalue weighted by atomic mass is 16.6. The largest absolute Gasteiger partial charge is 0.489 e. The van der Waals surface area contributed by atoms with Gasteiger partial charge in [-0.25, -0.2) is 9.97 Å². The summed E-state index contributed by atoms with van der Waals surface area (Å²) in [6.07, 6.45) is 4.11. The molecule has 0 fully saturated rings. The van der Waals surface area contributed by atoms with Gasteiger partial charge in [0.1, 0.15) is 5.69 Å². The van der Waals surface area contributed by atoms with E-state index in [9.17, 15) is 10.1 Å². The number of hydrogen-bond acceptors (Lipinski definition) is 5. The molecule has 2 N–H and O–H groups in total. The summed E-state index contributed by atoms with van der Waals surface area (Å²) in [5.74, 6) is 0.0789. The summed E-state index contributed by atoms with van der Waals surface area (Å²) in [6.45, 7) is 0. The molecule has 0 aliphatic carbocycles. The second-order valence-electron chi connectivity index (χ2n) is 12.7. The normalized spacial score (nSPS) is 12.2. The molecule has 0 saturated heterocycles. The molecule has 53 heavy (non-hydrogen) atoms. The monoisotopic (exact) mass is 689 g/mol. The number of nitro groups is 1. The maximum absolute atomic E-state index is 13.2. The zero-order chi connectivity index (χ0) is 35.9. The van der Waals surface area contributed by atoms with Crippen molar-refractivity contribution < 1.29 is 9.66 Å². The first-order chi connectivity index (χ1) is 26.1. The molecule has 8 bridgehead atoms. The van der Waals surface area contributed by atoms with E-state index in [-0.39, 0.29) is 17.2 Å². The lowest BCUT2D eigenvalue weighted by molar-refractivity contribution is -0.375. The average Bonchev–Trinajstić information content (AvgIpc) is 4.03. The van der Waals surface area contributed by atoms with Gasteiger partial charge in [-0.3, -0.25) is 10.1 Å². The number of aromatic amines is 2. The molecule has 0 spiro atoms. The number of nitrogens with zero attached hydrogens (tertiary/aromatic N) is 3. The zero-order valence-corrected chi connectivity index (χ0v) is 28.6. The minimum Gasteiger partial charge on any atom is -0.489 e. The summed E-state index contributed by atoms with van der Waals surface area (Å²) in [5, 5.41) is 13.2. The maximum atomic E-state index is 13.2. The Balaban J connectivity index is 1.55. The molecule has 0 amide bonds. The molecule has 0 atom stereocenters. The Labute approximate surface area is 304 Å². The third kappa shape index (κ3) is 5.50. The third-order valence-electron chi connectivity index (χ3n) is 9.59. The molecule has 5 heterocycles. The standard InChI is InChI=1S/C45H31N5O3/c1-53-45-43-41(31-20-12-5-13-21-31)37-27-25-35(48-37)39(29-16-8-3-9-17-29)33-23-22-32(46-33)38(28-14-6-2-7-15-28)34-24-26-36(47-34)40(30-18-10-4-11-19-30)42(49-43)44(45)50(51)52/h2-27,47-48H,1H3. The van der Waals surface area contributed by atoms with E-state index in [0.717, 1.165) is 61.3 Å². The molecule has 8 nitrogen and oxygen atoms in total. The van der Waals surface area contributed by atoms with Crippen LogP contribution >= 0.6 is 0 Å². The first-order valence-electron chi connectivity index (χ1n) is 17.2. The first kappa shape index (κ1) is 31.6. The van der Waals surface area contributed by atoms with Crippen molar-refractivity contribution in [2.24, 2.45) is 0 Å². The summed E-state index contributed by atoms with van der Waals surface area (Å²) in [6, 6.07) is 47.6. The van der Waals surface area contributed by atoms with Crippen molar-refractivity contribution in [2.45, 2.75) is 0 Å². The molecule has 7 aromatic rings. The Morgan fingerprint density at radius 1 is 0.491 bits per heavy atom. The van der Waals surface area contributed by atoms with Crippen LogP contribution in [0, 0.1) is 10.1 Å². The van der Waals surface area contributed by atoms with Crippen molar-refractivity contribution in [1.82, 2.24) is 19.9 Å². The molecule has 254 valence electrons. The molecular formula is C45H31N5O3. The lowest BCUT2D eigenvalue weighted by Gasteiger charge is -2.07. The van der Waals surface area contributed by atoms with Crippen LogP contribution in [-0.2, 0) is 4.74 Å². The van der Waals surface area contributed by atoms with E-state index in [1.54, 1.807) is 0 Å². The predicted molar refractivity (Wildman–Crippen MR) is 212 cm³/mol.